The maximum Gasteiger partial charge on any atom is 0.257 e. The number of pyridine rings is 1. The Morgan fingerprint density at radius 2 is 2.19 bits per heavy atom. The van der Waals surface area contributed by atoms with E-state index in [2.05, 4.69) is 15.2 Å². The van der Waals surface area contributed by atoms with Crippen LogP contribution in [0.1, 0.15) is 27.3 Å². The van der Waals surface area contributed by atoms with E-state index >= 15 is 0 Å². The van der Waals surface area contributed by atoms with Gasteiger partial charge in [-0.3, -0.25) is 14.2 Å². The third kappa shape index (κ3) is 3.05. The summed E-state index contributed by atoms with van der Waals surface area (Å²) in [7, 11) is 3.74. The van der Waals surface area contributed by atoms with Crippen molar-refractivity contribution < 1.29 is 9.53 Å². The Kier molecular flexibility index (Phi) is 4.16. The zero-order valence-corrected chi connectivity index (χ0v) is 14.8. The fraction of sp³-hybridized carbons (Fsp3) is 0.333. The first-order chi connectivity index (χ1) is 12.6. The Hall–Kier alpha value is -3.16. The molecule has 0 aromatic carbocycles. The van der Waals surface area contributed by atoms with Crippen molar-refractivity contribution in [3.05, 3.63) is 59.3 Å². The van der Waals surface area contributed by atoms with Crippen molar-refractivity contribution in [3.8, 4) is 5.88 Å². The maximum atomic E-state index is 12.7. The number of hydrogen-bond acceptors (Lipinski definition) is 5. The lowest BCUT2D eigenvalue weighted by atomic mass is 10.0. The molecule has 0 fully saturated rings. The quantitative estimate of drug-likeness (QED) is 0.708. The summed E-state index contributed by atoms with van der Waals surface area (Å²) >= 11 is 0. The molecule has 4 rings (SSSR count). The van der Waals surface area contributed by atoms with Crippen LogP contribution in [0.2, 0.25) is 0 Å². The molecule has 8 heteroatoms. The molecule has 1 aliphatic heterocycles. The summed E-state index contributed by atoms with van der Waals surface area (Å²) < 4.78 is 9.28. The highest BCUT2D eigenvalue weighted by Gasteiger charge is 2.28. The van der Waals surface area contributed by atoms with Crippen molar-refractivity contribution in [2.45, 2.75) is 19.6 Å². The van der Waals surface area contributed by atoms with E-state index in [1.165, 1.54) is 0 Å². The minimum absolute atomic E-state index is 0.0100. The van der Waals surface area contributed by atoms with Crippen molar-refractivity contribution in [2.75, 3.05) is 6.54 Å². The van der Waals surface area contributed by atoms with Crippen LogP contribution in [0, 0.1) is 0 Å². The standard InChI is InChI=1S/C18H20N6O2/c1-22-10-13(9-20-22)18(25)24-8-6-16-14(11-24)15(21-23(16)2)12-26-17-5-3-4-7-19-17/h3-5,7,9-10H,6,8,11-12H2,1-2H3. The number of fused-ring (bicyclic) bond motifs is 1. The van der Waals surface area contributed by atoms with Gasteiger partial charge in [0.25, 0.3) is 5.91 Å². The van der Waals surface area contributed by atoms with Crippen LogP contribution >= 0.6 is 0 Å². The van der Waals surface area contributed by atoms with Crippen molar-refractivity contribution in [2.24, 2.45) is 14.1 Å². The van der Waals surface area contributed by atoms with Gasteiger partial charge in [0.05, 0.1) is 11.8 Å². The lowest BCUT2D eigenvalue weighted by molar-refractivity contribution is 0.0732. The zero-order valence-electron chi connectivity index (χ0n) is 14.8. The van der Waals surface area contributed by atoms with Gasteiger partial charge in [-0.15, -0.1) is 0 Å². The van der Waals surface area contributed by atoms with Gasteiger partial charge in [0.1, 0.15) is 12.3 Å². The lowest BCUT2D eigenvalue weighted by Crippen LogP contribution is -2.36. The molecule has 26 heavy (non-hydrogen) atoms. The molecule has 3 aromatic heterocycles. The molecule has 1 amide bonds. The summed E-state index contributed by atoms with van der Waals surface area (Å²) in [6.07, 6.45) is 5.81. The highest BCUT2D eigenvalue weighted by Crippen LogP contribution is 2.24. The fourth-order valence-electron chi connectivity index (χ4n) is 3.25. The predicted molar refractivity (Wildman–Crippen MR) is 93.4 cm³/mol. The number of ether oxygens (including phenoxy) is 1. The van der Waals surface area contributed by atoms with E-state index in [4.69, 9.17) is 4.74 Å². The van der Waals surface area contributed by atoms with E-state index in [0.29, 0.717) is 31.1 Å². The fourth-order valence-corrected chi connectivity index (χ4v) is 3.25. The van der Waals surface area contributed by atoms with Crippen LogP contribution in [0.25, 0.3) is 0 Å². The normalized spacial score (nSPS) is 13.5. The van der Waals surface area contributed by atoms with Crippen molar-refractivity contribution in [1.29, 1.82) is 0 Å². The minimum Gasteiger partial charge on any atom is -0.471 e. The van der Waals surface area contributed by atoms with E-state index in [9.17, 15) is 4.79 Å². The molecule has 8 nitrogen and oxygen atoms in total. The summed E-state index contributed by atoms with van der Waals surface area (Å²) in [6.45, 7) is 1.52. The molecular formula is C18H20N6O2. The molecule has 0 spiro atoms. The van der Waals surface area contributed by atoms with Gasteiger partial charge >= 0.3 is 0 Å². The molecule has 4 heterocycles. The van der Waals surface area contributed by atoms with E-state index in [1.807, 2.05) is 34.8 Å². The van der Waals surface area contributed by atoms with Crippen LogP contribution < -0.4 is 4.74 Å². The molecule has 0 saturated heterocycles. The van der Waals surface area contributed by atoms with E-state index in [0.717, 1.165) is 23.4 Å². The number of aromatic nitrogens is 5. The predicted octanol–water partition coefficient (Wildman–Crippen LogP) is 1.33. The number of carbonyl (C=O) groups excluding carboxylic acids is 1. The van der Waals surface area contributed by atoms with Gasteiger partial charge in [0.15, 0.2) is 0 Å². The van der Waals surface area contributed by atoms with E-state index < -0.39 is 0 Å². The number of amides is 1. The Bertz CT molecular complexity index is 931. The number of carbonyl (C=O) groups is 1. The highest BCUT2D eigenvalue weighted by atomic mass is 16.5. The molecule has 0 aliphatic carbocycles. The van der Waals surface area contributed by atoms with Gasteiger partial charge < -0.3 is 9.64 Å². The molecule has 0 saturated carbocycles. The number of hydrogen-bond donors (Lipinski definition) is 0. The second kappa shape index (κ2) is 6.62. The molecule has 0 radical (unpaired) electrons. The van der Waals surface area contributed by atoms with E-state index in [1.54, 1.807) is 30.3 Å². The number of nitrogens with zero attached hydrogens (tertiary/aromatic N) is 6. The SMILES string of the molecule is Cn1cc(C(=O)N2CCc3c(c(COc4ccccn4)nn3C)C2)cn1. The monoisotopic (exact) mass is 352 g/mol. The number of aryl methyl sites for hydroxylation is 2. The van der Waals surface area contributed by atoms with Crippen molar-refractivity contribution >= 4 is 5.91 Å². The van der Waals surface area contributed by atoms with Crippen LogP contribution in [0.3, 0.4) is 0 Å². The first-order valence-electron chi connectivity index (χ1n) is 8.47. The summed E-state index contributed by atoms with van der Waals surface area (Å²) in [6, 6.07) is 5.54. The van der Waals surface area contributed by atoms with Crippen LogP contribution in [0.15, 0.2) is 36.8 Å². The highest BCUT2D eigenvalue weighted by molar-refractivity contribution is 5.93. The zero-order chi connectivity index (χ0) is 18.1. The molecule has 0 bridgehead atoms. The minimum atomic E-state index is -0.0100. The van der Waals surface area contributed by atoms with Crippen LogP contribution in [-0.4, -0.2) is 41.9 Å². The molecule has 134 valence electrons. The summed E-state index contributed by atoms with van der Waals surface area (Å²) in [5.74, 6) is 0.551. The van der Waals surface area contributed by atoms with Crippen molar-refractivity contribution in [1.82, 2.24) is 29.4 Å². The van der Waals surface area contributed by atoms with Gasteiger partial charge in [-0.25, -0.2) is 4.98 Å². The molecule has 3 aromatic rings. The molecule has 0 unspecified atom stereocenters. The van der Waals surface area contributed by atoms with Gasteiger partial charge in [0.2, 0.25) is 5.88 Å². The summed E-state index contributed by atoms with van der Waals surface area (Å²) in [5, 5.41) is 8.67. The van der Waals surface area contributed by atoms with Crippen molar-refractivity contribution in [3.63, 3.8) is 0 Å². The van der Waals surface area contributed by atoms with Gasteiger partial charge in [0, 0.05) is 63.3 Å². The largest absolute Gasteiger partial charge is 0.471 e. The molecule has 0 atom stereocenters. The van der Waals surface area contributed by atoms with Crippen LogP contribution in [0.5, 0.6) is 5.88 Å². The topological polar surface area (TPSA) is 78.1 Å². The first kappa shape index (κ1) is 16.3. The van der Waals surface area contributed by atoms with Crippen LogP contribution in [-0.2, 0) is 33.7 Å². The second-order valence-corrected chi connectivity index (χ2v) is 6.33. The van der Waals surface area contributed by atoms with Crippen LogP contribution in [0.4, 0.5) is 0 Å². The average Bonchev–Trinajstić information content (AvgIpc) is 3.23. The van der Waals surface area contributed by atoms with E-state index in [-0.39, 0.29) is 5.91 Å². The third-order valence-corrected chi connectivity index (χ3v) is 4.56. The lowest BCUT2D eigenvalue weighted by Gasteiger charge is -2.27. The Balaban J connectivity index is 1.53. The maximum absolute atomic E-state index is 12.7. The first-order valence-corrected chi connectivity index (χ1v) is 8.47. The van der Waals surface area contributed by atoms with Gasteiger partial charge in [-0.1, -0.05) is 6.07 Å². The van der Waals surface area contributed by atoms with Gasteiger partial charge in [-0.05, 0) is 6.07 Å². The molecule has 0 N–H and O–H groups in total. The Morgan fingerprint density at radius 3 is 2.92 bits per heavy atom. The molecular weight excluding hydrogens is 332 g/mol. The third-order valence-electron chi connectivity index (χ3n) is 4.56. The summed E-state index contributed by atoms with van der Waals surface area (Å²) in [4.78, 5) is 18.7. The Labute approximate surface area is 151 Å². The second-order valence-electron chi connectivity index (χ2n) is 6.33. The summed E-state index contributed by atoms with van der Waals surface area (Å²) in [5.41, 5.74) is 3.66. The smallest absolute Gasteiger partial charge is 0.257 e. The Morgan fingerprint density at radius 1 is 1.31 bits per heavy atom. The van der Waals surface area contributed by atoms with Gasteiger partial charge in [-0.2, -0.15) is 10.2 Å². The number of rotatable bonds is 4. The average molecular weight is 352 g/mol. The molecule has 1 aliphatic rings.